The molecule has 0 aromatic heterocycles. The molecule has 0 unspecified atom stereocenters. The molecular weight excluding hydrogens is 354 g/mol. The van der Waals surface area contributed by atoms with Crippen molar-refractivity contribution in [2.45, 2.75) is 18.5 Å². The Hall–Kier alpha value is -1.93. The van der Waals surface area contributed by atoms with Crippen molar-refractivity contribution in [2.75, 3.05) is 18.1 Å². The van der Waals surface area contributed by atoms with Gasteiger partial charge in [-0.3, -0.25) is 15.0 Å². The largest absolute Gasteiger partial charge is 0.480 e. The molecule has 0 saturated heterocycles. The van der Waals surface area contributed by atoms with Gasteiger partial charge in [-0.15, -0.1) is 9.81 Å². The highest BCUT2D eigenvalue weighted by Crippen LogP contribution is 2.01. The summed E-state index contributed by atoms with van der Waals surface area (Å²) in [7, 11) is 0. The number of thiol groups is 1. The summed E-state index contributed by atoms with van der Waals surface area (Å²) in [5.41, 5.74) is 7.17. The quantitative estimate of drug-likeness (QED) is 0.113. The highest BCUT2D eigenvalue weighted by Gasteiger charge is 2.15. The van der Waals surface area contributed by atoms with Crippen molar-refractivity contribution in [3.05, 3.63) is 9.81 Å². The molecule has 1 amide bonds. The van der Waals surface area contributed by atoms with Crippen LogP contribution in [0, 0.1) is 9.81 Å². The number of carboxylic acid groups (broad SMARTS) is 2. The van der Waals surface area contributed by atoms with Crippen LogP contribution in [0.4, 0.5) is 0 Å². The Morgan fingerprint density at radius 3 is 2.26 bits per heavy atom. The van der Waals surface area contributed by atoms with Gasteiger partial charge < -0.3 is 21.3 Å². The Morgan fingerprint density at radius 2 is 1.87 bits per heavy atom. The monoisotopic (exact) mass is 371 g/mol. The smallest absolute Gasteiger partial charge is 0.327 e. The van der Waals surface area contributed by atoms with E-state index in [2.05, 4.69) is 27.8 Å². The number of carbonyl (C=O) groups is 3. The van der Waals surface area contributed by atoms with Crippen LogP contribution in [0.1, 0.15) is 6.42 Å². The van der Waals surface area contributed by atoms with Crippen LogP contribution in [0.3, 0.4) is 0 Å². The van der Waals surface area contributed by atoms with Crippen molar-refractivity contribution in [2.24, 2.45) is 15.6 Å². The fourth-order valence-electron chi connectivity index (χ4n) is 0.916. The van der Waals surface area contributed by atoms with Crippen LogP contribution in [0.2, 0.25) is 0 Å². The molecule has 12 nitrogen and oxygen atoms in total. The van der Waals surface area contributed by atoms with E-state index in [1.54, 1.807) is 0 Å². The molecule has 0 aliphatic rings. The van der Waals surface area contributed by atoms with Crippen molar-refractivity contribution < 1.29 is 24.6 Å². The van der Waals surface area contributed by atoms with Crippen molar-refractivity contribution in [1.29, 1.82) is 0 Å². The number of hydrogen-bond acceptors (Lipinski definition) is 10. The molecule has 0 heterocycles. The Labute approximate surface area is 140 Å². The second kappa shape index (κ2) is 15.0. The summed E-state index contributed by atoms with van der Waals surface area (Å²) < 4.78 is 2.44. The summed E-state index contributed by atoms with van der Waals surface area (Å²) >= 11 is 4.42. The maximum atomic E-state index is 10.9. The first-order valence-electron chi connectivity index (χ1n) is 5.91. The molecule has 0 radical (unpaired) electrons. The molecule has 0 aliphatic carbocycles. The zero-order valence-electron chi connectivity index (χ0n) is 11.7. The number of rotatable bonds is 11. The molecular formula is C9H17N5O7S2. The molecule has 0 rings (SSSR count). The number of amides is 1. The lowest BCUT2D eigenvalue weighted by atomic mass is 10.2. The van der Waals surface area contributed by atoms with Crippen LogP contribution >= 0.6 is 24.6 Å². The van der Waals surface area contributed by atoms with Crippen LogP contribution in [-0.4, -0.2) is 58.2 Å². The summed E-state index contributed by atoms with van der Waals surface area (Å²) in [6, 6.07) is -1.82. The predicted molar refractivity (Wildman–Crippen MR) is 85.7 cm³/mol. The zero-order valence-corrected chi connectivity index (χ0v) is 13.5. The highest BCUT2D eigenvalue weighted by molar-refractivity contribution is 7.97. The maximum Gasteiger partial charge on any atom is 0.327 e. The summed E-state index contributed by atoms with van der Waals surface area (Å²) in [4.78, 5) is 50.3. The number of carbonyl (C=O) groups excluding carboxylic acids is 1. The van der Waals surface area contributed by atoms with Gasteiger partial charge in [-0.05, 0) is 12.2 Å². The number of aliphatic carboxylic acids is 2. The zero-order chi connectivity index (χ0) is 18.3. The van der Waals surface area contributed by atoms with Gasteiger partial charge in [0.15, 0.2) is 0 Å². The minimum Gasteiger partial charge on any atom is -0.480 e. The minimum absolute atomic E-state index is 0.0367. The van der Waals surface area contributed by atoms with Gasteiger partial charge in [-0.25, -0.2) is 4.79 Å². The number of nitrogens with zero attached hydrogens (tertiary/aromatic N) is 2. The molecule has 0 bridgehead atoms. The average Bonchev–Trinajstić information content (AvgIpc) is 2.50. The lowest BCUT2D eigenvalue weighted by Crippen LogP contribution is -2.43. The molecule has 132 valence electrons. The SMILES string of the molecule is N[C@@H](CSN=O)C(=O)NCC(=O)O.O=NN[C@@H](CCS)C(=O)O. The molecule has 0 aromatic rings. The highest BCUT2D eigenvalue weighted by atomic mass is 32.2. The third kappa shape index (κ3) is 14.8. The average molecular weight is 371 g/mol. The molecule has 0 aliphatic heterocycles. The van der Waals surface area contributed by atoms with Crippen LogP contribution in [0.15, 0.2) is 9.87 Å². The van der Waals surface area contributed by atoms with Gasteiger partial charge in [0.1, 0.15) is 12.6 Å². The molecule has 2 atom stereocenters. The summed E-state index contributed by atoms with van der Waals surface area (Å²) in [5.74, 6) is -2.41. The van der Waals surface area contributed by atoms with Crippen LogP contribution < -0.4 is 16.5 Å². The summed E-state index contributed by atoms with van der Waals surface area (Å²) in [5, 5.41) is 20.9. The van der Waals surface area contributed by atoms with Gasteiger partial charge in [0.25, 0.3) is 0 Å². The van der Waals surface area contributed by atoms with E-state index >= 15 is 0 Å². The molecule has 0 aromatic carbocycles. The maximum absolute atomic E-state index is 10.9. The van der Waals surface area contributed by atoms with Crippen LogP contribution in [0.25, 0.3) is 0 Å². The van der Waals surface area contributed by atoms with E-state index in [1.807, 2.05) is 5.43 Å². The molecule has 0 fully saturated rings. The Morgan fingerprint density at radius 1 is 1.26 bits per heavy atom. The van der Waals surface area contributed by atoms with Crippen molar-refractivity contribution in [3.63, 3.8) is 0 Å². The van der Waals surface area contributed by atoms with Crippen molar-refractivity contribution in [1.82, 2.24) is 10.7 Å². The van der Waals surface area contributed by atoms with E-state index in [1.165, 1.54) is 0 Å². The normalized spacial score (nSPS) is 11.9. The van der Waals surface area contributed by atoms with E-state index in [9.17, 15) is 24.2 Å². The van der Waals surface area contributed by atoms with Gasteiger partial charge in [-0.2, -0.15) is 12.6 Å². The second-order valence-electron chi connectivity index (χ2n) is 3.71. The fraction of sp³-hybridized carbons (Fsp3) is 0.667. The summed E-state index contributed by atoms with van der Waals surface area (Å²) in [6.45, 7) is -0.480. The van der Waals surface area contributed by atoms with Gasteiger partial charge >= 0.3 is 11.9 Å². The Kier molecular flexibility index (Phi) is 15.2. The van der Waals surface area contributed by atoms with Crippen molar-refractivity contribution >= 4 is 42.4 Å². The Bertz CT molecular complexity index is 412. The molecule has 0 spiro atoms. The predicted octanol–water partition coefficient (Wildman–Crippen LogP) is -1.04. The first-order valence-corrected chi connectivity index (χ1v) is 7.48. The van der Waals surface area contributed by atoms with E-state index < -0.39 is 36.5 Å². The van der Waals surface area contributed by atoms with Gasteiger partial charge in [0, 0.05) is 22.3 Å². The van der Waals surface area contributed by atoms with Gasteiger partial charge in [0.2, 0.25) is 5.91 Å². The lowest BCUT2D eigenvalue weighted by molar-refractivity contribution is -0.139. The van der Waals surface area contributed by atoms with Gasteiger partial charge in [0.05, 0.1) is 11.3 Å². The lowest BCUT2D eigenvalue weighted by Gasteiger charge is -2.07. The third-order valence-corrected chi connectivity index (χ3v) is 2.85. The first kappa shape index (κ1) is 23.3. The first-order chi connectivity index (χ1) is 10.8. The minimum atomic E-state index is -1.15. The van der Waals surface area contributed by atoms with Crippen LogP contribution in [0.5, 0.6) is 0 Å². The fourth-order valence-corrected chi connectivity index (χ4v) is 1.55. The van der Waals surface area contributed by atoms with Crippen LogP contribution in [-0.2, 0) is 14.4 Å². The Balaban J connectivity index is 0. The van der Waals surface area contributed by atoms with E-state index in [0.717, 1.165) is 0 Å². The van der Waals surface area contributed by atoms with E-state index in [0.29, 0.717) is 17.7 Å². The van der Waals surface area contributed by atoms with Crippen molar-refractivity contribution in [3.8, 4) is 0 Å². The number of hydrogen-bond donors (Lipinski definition) is 6. The van der Waals surface area contributed by atoms with Gasteiger partial charge in [-0.1, -0.05) is 0 Å². The van der Waals surface area contributed by atoms with E-state index in [-0.39, 0.29) is 12.2 Å². The molecule has 23 heavy (non-hydrogen) atoms. The second-order valence-corrected chi connectivity index (χ2v) is 4.90. The number of nitrogens with two attached hydrogens (primary N) is 1. The third-order valence-electron chi connectivity index (χ3n) is 1.98. The number of nitroso groups, excluding NO2 is 2. The summed E-state index contributed by atoms with van der Waals surface area (Å²) in [6.07, 6.45) is 0.282. The number of nitrogens with one attached hydrogen (secondary N) is 2. The topological polar surface area (TPSA) is 201 Å². The van der Waals surface area contributed by atoms with E-state index in [4.69, 9.17) is 15.9 Å². The number of carboxylic acids is 2. The molecule has 14 heteroatoms. The standard InChI is InChI=1S/C5H9N3O4S.C4H8N2O3S/c6-3(2-13-8-12)5(11)7-1-4(9)10;7-4(8)3(1-2-10)5-6-9/h3H,1-2,6H2,(H,7,11)(H,9,10);3,10H,1-2H2,(H,5,9)(H,7,8)/t2*3-/m00/s1. The molecule has 6 N–H and O–H groups in total. The molecule has 0 saturated carbocycles.